The van der Waals surface area contributed by atoms with Gasteiger partial charge < -0.3 is 25.1 Å². The second-order valence-corrected chi connectivity index (χ2v) is 11.1. The minimum absolute atomic E-state index is 0.0248. The SMILES string of the molecule is CCOc1ccc(-c2csc(NC(=O)CSc3ccc(NC(=O)/C(=C/c4ccco4)NC(=O)c4ccccc4)cc3)n2)cc1. The van der Waals surface area contributed by atoms with Gasteiger partial charge >= 0.3 is 0 Å². The Labute approximate surface area is 262 Å². The molecule has 0 aliphatic rings. The van der Waals surface area contributed by atoms with Crippen LogP contribution in [0.4, 0.5) is 10.8 Å². The van der Waals surface area contributed by atoms with Crippen LogP contribution in [0.15, 0.2) is 118 Å². The summed E-state index contributed by atoms with van der Waals surface area (Å²) in [4.78, 5) is 43.8. The van der Waals surface area contributed by atoms with Gasteiger partial charge in [-0.1, -0.05) is 18.2 Å². The molecule has 0 fully saturated rings. The van der Waals surface area contributed by atoms with E-state index in [4.69, 9.17) is 9.15 Å². The minimum Gasteiger partial charge on any atom is -0.494 e. The highest BCUT2D eigenvalue weighted by molar-refractivity contribution is 8.00. The Kier molecular flexibility index (Phi) is 10.2. The summed E-state index contributed by atoms with van der Waals surface area (Å²) in [6, 6.07) is 26.7. The maximum Gasteiger partial charge on any atom is 0.272 e. The van der Waals surface area contributed by atoms with Gasteiger partial charge in [-0.2, -0.15) is 0 Å². The van der Waals surface area contributed by atoms with Gasteiger partial charge in [-0.25, -0.2) is 4.98 Å². The molecule has 0 spiro atoms. The lowest BCUT2D eigenvalue weighted by Crippen LogP contribution is -2.30. The van der Waals surface area contributed by atoms with Crippen LogP contribution in [0.1, 0.15) is 23.0 Å². The molecule has 11 heteroatoms. The van der Waals surface area contributed by atoms with Crippen LogP contribution in [0, 0.1) is 0 Å². The third-order valence-corrected chi connectivity index (χ3v) is 7.82. The summed E-state index contributed by atoms with van der Waals surface area (Å²) in [5.74, 6) is 0.282. The molecule has 0 saturated heterocycles. The number of carbonyl (C=O) groups excluding carboxylic acids is 3. The number of anilines is 2. The Balaban J connectivity index is 1.14. The molecule has 5 rings (SSSR count). The van der Waals surface area contributed by atoms with Gasteiger partial charge in [-0.05, 0) is 79.7 Å². The molecule has 0 aliphatic heterocycles. The highest BCUT2D eigenvalue weighted by atomic mass is 32.2. The molecule has 0 radical (unpaired) electrons. The normalized spacial score (nSPS) is 11.1. The number of ether oxygens (including phenoxy) is 1. The predicted molar refractivity (Wildman–Crippen MR) is 174 cm³/mol. The summed E-state index contributed by atoms with van der Waals surface area (Å²) >= 11 is 2.72. The van der Waals surface area contributed by atoms with Crippen molar-refractivity contribution in [3.8, 4) is 17.0 Å². The lowest BCUT2D eigenvalue weighted by molar-refractivity contribution is -0.114. The van der Waals surface area contributed by atoms with Crippen molar-refractivity contribution in [1.29, 1.82) is 0 Å². The van der Waals surface area contributed by atoms with Gasteiger partial charge in [0.05, 0.1) is 24.3 Å². The van der Waals surface area contributed by atoms with Crippen molar-refractivity contribution < 1.29 is 23.5 Å². The number of benzene rings is 3. The average molecular weight is 625 g/mol. The fraction of sp³-hybridized carbons (Fsp3) is 0.0909. The van der Waals surface area contributed by atoms with Crippen LogP contribution in [0.2, 0.25) is 0 Å². The van der Waals surface area contributed by atoms with Crippen LogP contribution in [0.3, 0.4) is 0 Å². The van der Waals surface area contributed by atoms with Crippen molar-refractivity contribution in [2.45, 2.75) is 11.8 Å². The summed E-state index contributed by atoms with van der Waals surface area (Å²) in [5, 5.41) is 10.7. The van der Waals surface area contributed by atoms with Crippen LogP contribution >= 0.6 is 23.1 Å². The van der Waals surface area contributed by atoms with Gasteiger partial charge in [-0.3, -0.25) is 14.4 Å². The summed E-state index contributed by atoms with van der Waals surface area (Å²) < 4.78 is 10.8. The lowest BCUT2D eigenvalue weighted by atomic mass is 10.2. The zero-order chi connectivity index (χ0) is 30.7. The Morgan fingerprint density at radius 1 is 0.932 bits per heavy atom. The number of furan rings is 1. The highest BCUT2D eigenvalue weighted by Gasteiger charge is 2.16. The van der Waals surface area contributed by atoms with E-state index in [-0.39, 0.29) is 17.4 Å². The van der Waals surface area contributed by atoms with E-state index in [1.54, 1.807) is 66.7 Å². The Bertz CT molecular complexity index is 1730. The molecule has 2 heterocycles. The van der Waals surface area contributed by atoms with E-state index in [9.17, 15) is 14.4 Å². The van der Waals surface area contributed by atoms with Crippen molar-refractivity contribution in [2.75, 3.05) is 23.0 Å². The van der Waals surface area contributed by atoms with Crippen LogP contribution < -0.4 is 20.7 Å². The molecule has 9 nitrogen and oxygen atoms in total. The molecule has 3 N–H and O–H groups in total. The smallest absolute Gasteiger partial charge is 0.272 e. The van der Waals surface area contributed by atoms with Gasteiger partial charge in [0.25, 0.3) is 11.8 Å². The first-order chi connectivity index (χ1) is 21.5. The number of rotatable bonds is 12. The summed E-state index contributed by atoms with van der Waals surface area (Å²) in [7, 11) is 0. The number of amides is 3. The van der Waals surface area contributed by atoms with E-state index in [0.29, 0.717) is 28.7 Å². The van der Waals surface area contributed by atoms with E-state index < -0.39 is 11.8 Å². The topological polar surface area (TPSA) is 123 Å². The Morgan fingerprint density at radius 2 is 1.70 bits per heavy atom. The molecule has 2 aromatic heterocycles. The molecule has 0 unspecified atom stereocenters. The van der Waals surface area contributed by atoms with Gasteiger partial charge in [0.2, 0.25) is 5.91 Å². The number of nitrogens with one attached hydrogen (secondary N) is 3. The van der Waals surface area contributed by atoms with Crippen LogP contribution in [0.25, 0.3) is 17.3 Å². The first-order valence-corrected chi connectivity index (χ1v) is 15.5. The standard InChI is InChI=1S/C33H28N4O5S2/c1-2-41-25-14-10-22(11-15-25)29-20-44-33(36-29)37-30(38)21-43-27-16-12-24(13-17-27)34-32(40)28(19-26-9-6-18-42-26)35-31(39)23-7-4-3-5-8-23/h3-20H,2,21H2,1H3,(H,34,40)(H,35,39)(H,36,37,38)/b28-19-. The fourth-order valence-corrected chi connectivity index (χ4v) is 5.38. The number of nitrogens with zero attached hydrogens (tertiary/aromatic N) is 1. The van der Waals surface area contributed by atoms with Gasteiger partial charge in [0, 0.05) is 33.2 Å². The van der Waals surface area contributed by atoms with Gasteiger partial charge in [0.15, 0.2) is 5.13 Å². The zero-order valence-corrected chi connectivity index (χ0v) is 25.2. The summed E-state index contributed by atoms with van der Waals surface area (Å²) in [5.41, 5.74) is 2.68. The maximum absolute atomic E-state index is 13.1. The first-order valence-electron chi connectivity index (χ1n) is 13.6. The van der Waals surface area contributed by atoms with Crippen LogP contribution in [0.5, 0.6) is 5.75 Å². The van der Waals surface area contributed by atoms with Gasteiger partial charge in [-0.15, -0.1) is 23.1 Å². The van der Waals surface area contributed by atoms with Crippen LogP contribution in [-0.4, -0.2) is 35.1 Å². The molecular formula is C33H28N4O5S2. The third kappa shape index (κ3) is 8.46. The van der Waals surface area contributed by atoms with Crippen LogP contribution in [-0.2, 0) is 9.59 Å². The van der Waals surface area contributed by atoms with E-state index in [0.717, 1.165) is 21.9 Å². The third-order valence-electron chi connectivity index (χ3n) is 6.05. The van der Waals surface area contributed by atoms with Gasteiger partial charge in [0.1, 0.15) is 17.2 Å². The Morgan fingerprint density at radius 3 is 2.41 bits per heavy atom. The molecule has 0 atom stereocenters. The number of thiazole rings is 1. The number of hydrogen-bond donors (Lipinski definition) is 3. The molecule has 222 valence electrons. The molecule has 0 saturated carbocycles. The van der Waals surface area contributed by atoms with E-state index in [1.807, 2.05) is 36.6 Å². The largest absolute Gasteiger partial charge is 0.494 e. The fourth-order valence-electron chi connectivity index (χ4n) is 3.95. The first kappa shape index (κ1) is 30.3. The highest BCUT2D eigenvalue weighted by Crippen LogP contribution is 2.27. The molecule has 3 amide bonds. The van der Waals surface area contributed by atoms with Crippen molar-refractivity contribution >= 4 is 57.7 Å². The summed E-state index contributed by atoms with van der Waals surface area (Å²) in [6.07, 6.45) is 2.94. The monoisotopic (exact) mass is 624 g/mol. The molecule has 5 aromatic rings. The van der Waals surface area contributed by atoms with E-state index >= 15 is 0 Å². The second kappa shape index (κ2) is 14.9. The molecule has 3 aromatic carbocycles. The zero-order valence-electron chi connectivity index (χ0n) is 23.6. The summed E-state index contributed by atoms with van der Waals surface area (Å²) in [6.45, 7) is 2.54. The maximum atomic E-state index is 13.1. The van der Waals surface area contributed by atoms with Crippen molar-refractivity contribution in [2.24, 2.45) is 0 Å². The number of aromatic nitrogens is 1. The van der Waals surface area contributed by atoms with Crippen molar-refractivity contribution in [3.05, 3.63) is 120 Å². The van der Waals surface area contributed by atoms with Crippen molar-refractivity contribution in [1.82, 2.24) is 10.3 Å². The Hall–Kier alpha value is -5.13. The minimum atomic E-state index is -0.515. The molecule has 0 bridgehead atoms. The number of carbonyl (C=O) groups is 3. The molecule has 0 aliphatic carbocycles. The van der Waals surface area contributed by atoms with E-state index in [1.165, 1.54) is 35.4 Å². The second-order valence-electron chi connectivity index (χ2n) is 9.20. The molecule has 44 heavy (non-hydrogen) atoms. The molecular weight excluding hydrogens is 597 g/mol. The number of thioether (sulfide) groups is 1. The average Bonchev–Trinajstić information content (AvgIpc) is 3.74. The number of hydrogen-bond acceptors (Lipinski definition) is 8. The predicted octanol–water partition coefficient (Wildman–Crippen LogP) is 6.94. The van der Waals surface area contributed by atoms with E-state index in [2.05, 4.69) is 20.9 Å². The quantitative estimate of drug-likeness (QED) is 0.102. The lowest BCUT2D eigenvalue weighted by Gasteiger charge is -2.11. The van der Waals surface area contributed by atoms with Crippen molar-refractivity contribution in [3.63, 3.8) is 0 Å².